The van der Waals surface area contributed by atoms with Crippen LogP contribution in [0.3, 0.4) is 0 Å². The van der Waals surface area contributed by atoms with Crippen molar-refractivity contribution in [3.63, 3.8) is 0 Å². The largest absolute Gasteiger partial charge is 0.315 e. The first-order valence-electron chi connectivity index (χ1n) is 4.42. The quantitative estimate of drug-likeness (QED) is 0.714. The Morgan fingerprint density at radius 1 is 1.31 bits per heavy atom. The number of rotatable bonds is 3. The van der Waals surface area contributed by atoms with Gasteiger partial charge in [-0.15, -0.1) is 0 Å². The van der Waals surface area contributed by atoms with Crippen molar-refractivity contribution in [2.24, 2.45) is 11.7 Å². The monoisotopic (exact) mass is 177 g/mol. The maximum absolute atomic E-state index is 10.9. The van der Waals surface area contributed by atoms with Crippen LogP contribution in [0.4, 0.5) is 0 Å². The molecule has 2 nitrogen and oxygen atoms in total. The average Bonchev–Trinajstić information content (AvgIpc) is 2.17. The van der Waals surface area contributed by atoms with Crippen molar-refractivity contribution in [3.05, 3.63) is 35.9 Å². The first-order chi connectivity index (χ1) is 6.11. The van der Waals surface area contributed by atoms with E-state index in [9.17, 15) is 4.79 Å². The Morgan fingerprint density at radius 3 is 2.23 bits per heavy atom. The van der Waals surface area contributed by atoms with Gasteiger partial charge >= 0.3 is 0 Å². The highest BCUT2D eigenvalue weighted by molar-refractivity contribution is 5.67. The zero-order chi connectivity index (χ0) is 9.90. The molecule has 0 saturated heterocycles. The molecular weight excluding hydrogens is 162 g/mol. The van der Waals surface area contributed by atoms with Crippen LogP contribution in [-0.4, -0.2) is 6.29 Å². The van der Waals surface area contributed by atoms with Gasteiger partial charge < -0.3 is 10.5 Å². The van der Waals surface area contributed by atoms with E-state index in [-0.39, 0.29) is 5.92 Å². The Hall–Kier alpha value is -1.15. The summed E-state index contributed by atoms with van der Waals surface area (Å²) in [7, 11) is 0. The zero-order valence-electron chi connectivity index (χ0n) is 8.03. The van der Waals surface area contributed by atoms with Crippen molar-refractivity contribution < 1.29 is 4.79 Å². The maximum atomic E-state index is 10.9. The fourth-order valence-corrected chi connectivity index (χ4v) is 1.26. The highest BCUT2D eigenvalue weighted by atomic mass is 16.1. The summed E-state index contributed by atoms with van der Waals surface area (Å²) in [6.45, 7) is 3.89. The molecule has 0 heterocycles. The van der Waals surface area contributed by atoms with E-state index in [1.165, 1.54) is 0 Å². The Balaban J connectivity index is 3.10. The molecule has 0 fully saturated rings. The van der Waals surface area contributed by atoms with Crippen LogP contribution in [0.2, 0.25) is 0 Å². The summed E-state index contributed by atoms with van der Waals surface area (Å²) in [5.41, 5.74) is 6.02. The van der Waals surface area contributed by atoms with E-state index in [1.54, 1.807) is 0 Å². The summed E-state index contributed by atoms with van der Waals surface area (Å²) in [5, 5.41) is 0. The maximum Gasteiger partial charge on any atom is 0.144 e. The lowest BCUT2D eigenvalue weighted by atomic mass is 9.82. The first kappa shape index (κ1) is 9.93. The second kappa shape index (κ2) is 3.71. The van der Waals surface area contributed by atoms with Crippen LogP contribution in [0, 0.1) is 5.92 Å². The lowest BCUT2D eigenvalue weighted by Gasteiger charge is -2.27. The van der Waals surface area contributed by atoms with Gasteiger partial charge in [0, 0.05) is 0 Å². The molecule has 70 valence electrons. The van der Waals surface area contributed by atoms with Crippen LogP contribution in [0.25, 0.3) is 0 Å². The third-order valence-electron chi connectivity index (χ3n) is 2.42. The van der Waals surface area contributed by atoms with Crippen molar-refractivity contribution in [1.29, 1.82) is 0 Å². The molecule has 2 heteroatoms. The molecule has 0 radical (unpaired) electrons. The molecule has 1 aromatic carbocycles. The fourth-order valence-electron chi connectivity index (χ4n) is 1.26. The van der Waals surface area contributed by atoms with Crippen molar-refractivity contribution in [2.75, 3.05) is 0 Å². The molecule has 0 bridgehead atoms. The normalized spacial score (nSPS) is 15.4. The summed E-state index contributed by atoms with van der Waals surface area (Å²) in [6, 6.07) is 9.46. The van der Waals surface area contributed by atoms with Crippen LogP contribution >= 0.6 is 0 Å². The minimum Gasteiger partial charge on any atom is -0.315 e. The molecule has 0 aliphatic rings. The molecule has 0 aliphatic heterocycles. The molecule has 0 spiro atoms. The first-order valence-corrected chi connectivity index (χ1v) is 4.42. The molecule has 1 atom stereocenters. The summed E-state index contributed by atoms with van der Waals surface area (Å²) >= 11 is 0. The standard InChI is InChI=1S/C11H15NO/c1-9(2)11(12,8-13)10-6-4-3-5-7-10/h3-9H,12H2,1-2H3/t11-/m0/s1. The molecule has 13 heavy (non-hydrogen) atoms. The third kappa shape index (κ3) is 1.78. The van der Waals surface area contributed by atoms with Crippen molar-refractivity contribution >= 4 is 6.29 Å². The highest BCUT2D eigenvalue weighted by Gasteiger charge is 2.30. The minimum atomic E-state index is -0.846. The Bertz CT molecular complexity index is 281. The molecule has 1 rings (SSSR count). The predicted octanol–water partition coefficient (Wildman–Crippen LogP) is 1.70. The number of aldehydes is 1. The number of nitrogens with two attached hydrogens (primary N) is 1. The molecule has 1 aromatic rings. The van der Waals surface area contributed by atoms with Crippen LogP contribution < -0.4 is 5.73 Å². The molecule has 0 unspecified atom stereocenters. The summed E-state index contributed by atoms with van der Waals surface area (Å²) in [5.74, 6) is 0.104. The van der Waals surface area contributed by atoms with Gasteiger partial charge in [0.05, 0.1) is 5.54 Å². The van der Waals surface area contributed by atoms with Gasteiger partial charge in [-0.1, -0.05) is 44.2 Å². The summed E-state index contributed by atoms with van der Waals surface area (Å²) in [6.07, 6.45) is 0.826. The van der Waals surface area contributed by atoms with Crippen molar-refractivity contribution in [1.82, 2.24) is 0 Å². The van der Waals surface area contributed by atoms with Gasteiger partial charge in [0.25, 0.3) is 0 Å². The van der Waals surface area contributed by atoms with Gasteiger partial charge in [0.2, 0.25) is 0 Å². The molecule has 0 amide bonds. The number of hydrogen-bond acceptors (Lipinski definition) is 2. The van der Waals surface area contributed by atoms with Gasteiger partial charge in [-0.3, -0.25) is 0 Å². The van der Waals surface area contributed by atoms with Crippen molar-refractivity contribution in [2.45, 2.75) is 19.4 Å². The molecule has 0 aromatic heterocycles. The summed E-state index contributed by atoms with van der Waals surface area (Å²) in [4.78, 5) is 10.9. The number of carbonyl (C=O) groups is 1. The van der Waals surface area contributed by atoms with Gasteiger partial charge in [0.1, 0.15) is 6.29 Å². The smallest absolute Gasteiger partial charge is 0.144 e. The Morgan fingerprint density at radius 2 is 1.85 bits per heavy atom. The highest BCUT2D eigenvalue weighted by Crippen LogP contribution is 2.23. The van der Waals surface area contributed by atoms with Crippen LogP contribution in [0.5, 0.6) is 0 Å². The molecule has 2 N–H and O–H groups in total. The number of benzene rings is 1. The van der Waals surface area contributed by atoms with Gasteiger partial charge in [-0.25, -0.2) is 0 Å². The Kier molecular flexibility index (Phi) is 2.83. The molecule has 0 aliphatic carbocycles. The topological polar surface area (TPSA) is 43.1 Å². The van der Waals surface area contributed by atoms with Crippen LogP contribution in [-0.2, 0) is 10.3 Å². The lowest BCUT2D eigenvalue weighted by molar-refractivity contribution is -0.113. The SMILES string of the molecule is CC(C)[C@@](N)(C=O)c1ccccc1. The lowest BCUT2D eigenvalue weighted by Crippen LogP contribution is -2.43. The Labute approximate surface area is 78.8 Å². The van der Waals surface area contributed by atoms with E-state index < -0.39 is 5.54 Å². The van der Waals surface area contributed by atoms with Crippen LogP contribution in [0.15, 0.2) is 30.3 Å². The number of hydrogen-bond donors (Lipinski definition) is 1. The van der Waals surface area contributed by atoms with E-state index >= 15 is 0 Å². The zero-order valence-corrected chi connectivity index (χ0v) is 8.03. The van der Waals surface area contributed by atoms with Crippen LogP contribution in [0.1, 0.15) is 19.4 Å². The van der Waals surface area contributed by atoms with Crippen molar-refractivity contribution in [3.8, 4) is 0 Å². The van der Waals surface area contributed by atoms with E-state index in [0.717, 1.165) is 11.8 Å². The fraction of sp³-hybridized carbons (Fsp3) is 0.364. The number of carbonyl (C=O) groups excluding carboxylic acids is 1. The average molecular weight is 177 g/mol. The predicted molar refractivity (Wildman–Crippen MR) is 53.2 cm³/mol. The molecular formula is C11H15NO. The van der Waals surface area contributed by atoms with Gasteiger partial charge in [-0.05, 0) is 11.5 Å². The molecule has 0 saturated carbocycles. The van der Waals surface area contributed by atoms with Gasteiger partial charge in [-0.2, -0.15) is 0 Å². The minimum absolute atomic E-state index is 0.104. The third-order valence-corrected chi connectivity index (χ3v) is 2.42. The van der Waals surface area contributed by atoms with E-state index in [1.807, 2.05) is 44.2 Å². The van der Waals surface area contributed by atoms with E-state index in [4.69, 9.17) is 5.73 Å². The van der Waals surface area contributed by atoms with Gasteiger partial charge in [0.15, 0.2) is 0 Å². The summed E-state index contributed by atoms with van der Waals surface area (Å²) < 4.78 is 0. The van der Waals surface area contributed by atoms with E-state index in [0.29, 0.717) is 0 Å². The van der Waals surface area contributed by atoms with E-state index in [2.05, 4.69) is 0 Å². The second-order valence-corrected chi connectivity index (χ2v) is 3.57. The second-order valence-electron chi connectivity index (χ2n) is 3.57.